The molecule has 108 valence electrons. The van der Waals surface area contributed by atoms with Gasteiger partial charge in [-0.05, 0) is 25.9 Å². The molecule has 0 aliphatic carbocycles. The highest BCUT2D eigenvalue weighted by Crippen LogP contribution is 2.09. The van der Waals surface area contributed by atoms with Crippen molar-refractivity contribution in [3.8, 4) is 0 Å². The van der Waals surface area contributed by atoms with Crippen LogP contribution in [-0.4, -0.2) is 83.5 Å². The highest BCUT2D eigenvalue weighted by Gasteiger charge is 2.26. The van der Waals surface area contributed by atoms with Gasteiger partial charge in [0.05, 0.1) is 12.6 Å². The predicted octanol–water partition coefficient (Wildman–Crippen LogP) is -0.866. The molecule has 0 unspecified atom stereocenters. The molecule has 19 heavy (non-hydrogen) atoms. The number of hydrogen-bond donors (Lipinski definition) is 1. The van der Waals surface area contributed by atoms with E-state index in [0.29, 0.717) is 32.7 Å². The van der Waals surface area contributed by atoms with Crippen molar-refractivity contribution in [2.45, 2.75) is 25.9 Å². The summed E-state index contributed by atoms with van der Waals surface area (Å²) in [6, 6.07) is 0. The van der Waals surface area contributed by atoms with Gasteiger partial charge in [0.2, 0.25) is 11.8 Å². The third-order valence-electron chi connectivity index (χ3n) is 3.86. The smallest absolute Gasteiger partial charge is 0.236 e. The second kappa shape index (κ2) is 6.34. The normalized spacial score (nSPS) is 25.5. The Morgan fingerprint density at radius 1 is 1.05 bits per heavy atom. The Morgan fingerprint density at radius 2 is 1.63 bits per heavy atom. The molecule has 2 aliphatic heterocycles. The van der Waals surface area contributed by atoms with E-state index in [2.05, 4.69) is 4.90 Å². The zero-order valence-electron chi connectivity index (χ0n) is 11.5. The zero-order valence-corrected chi connectivity index (χ0v) is 11.5. The minimum Gasteiger partial charge on any atom is -0.389 e. The maximum atomic E-state index is 12.2. The molecule has 6 heteroatoms. The molecule has 2 saturated heterocycles. The van der Waals surface area contributed by atoms with Crippen LogP contribution in [0.2, 0.25) is 0 Å². The highest BCUT2D eigenvalue weighted by molar-refractivity contribution is 5.78. The van der Waals surface area contributed by atoms with Crippen LogP contribution in [0.5, 0.6) is 0 Å². The maximum Gasteiger partial charge on any atom is 0.236 e. The van der Waals surface area contributed by atoms with Gasteiger partial charge >= 0.3 is 0 Å². The van der Waals surface area contributed by atoms with Gasteiger partial charge in [-0.2, -0.15) is 0 Å². The summed E-state index contributed by atoms with van der Waals surface area (Å²) >= 11 is 0. The number of amides is 2. The van der Waals surface area contributed by atoms with Crippen molar-refractivity contribution in [2.75, 3.05) is 45.8 Å². The maximum absolute atomic E-state index is 12.2. The third-order valence-corrected chi connectivity index (χ3v) is 3.86. The van der Waals surface area contributed by atoms with E-state index in [4.69, 9.17) is 0 Å². The van der Waals surface area contributed by atoms with Crippen molar-refractivity contribution < 1.29 is 14.7 Å². The summed E-state index contributed by atoms with van der Waals surface area (Å²) in [4.78, 5) is 29.0. The van der Waals surface area contributed by atoms with E-state index < -0.39 is 6.10 Å². The van der Waals surface area contributed by atoms with Gasteiger partial charge in [0.15, 0.2) is 0 Å². The van der Waals surface area contributed by atoms with Crippen LogP contribution in [0.1, 0.15) is 19.8 Å². The molecule has 6 nitrogen and oxygen atoms in total. The zero-order chi connectivity index (χ0) is 13.8. The van der Waals surface area contributed by atoms with Gasteiger partial charge < -0.3 is 14.9 Å². The molecular weight excluding hydrogens is 246 g/mol. The Kier molecular flexibility index (Phi) is 4.76. The van der Waals surface area contributed by atoms with E-state index in [1.165, 1.54) is 6.92 Å². The number of rotatable bonds is 2. The number of β-amino-alcohol motifs (C(OH)–C–C–N with tert-alkyl or cyclic N) is 1. The minimum absolute atomic E-state index is 0.0482. The Morgan fingerprint density at radius 3 is 2.26 bits per heavy atom. The van der Waals surface area contributed by atoms with Gasteiger partial charge in [0, 0.05) is 33.1 Å². The SMILES string of the molecule is CC(=O)N1CCN(C(=O)CN2CCCC2)C[C@H](O)C1. The fraction of sp³-hybridized carbons (Fsp3) is 0.846. The first kappa shape index (κ1) is 14.3. The molecule has 2 rings (SSSR count). The molecule has 2 aliphatic rings. The summed E-state index contributed by atoms with van der Waals surface area (Å²) in [5.74, 6) is 0.0132. The molecular formula is C13H23N3O3. The molecule has 2 amide bonds. The molecule has 2 heterocycles. The van der Waals surface area contributed by atoms with Crippen LogP contribution < -0.4 is 0 Å². The number of nitrogens with zero attached hydrogens (tertiary/aromatic N) is 3. The Balaban J connectivity index is 1.88. The van der Waals surface area contributed by atoms with E-state index >= 15 is 0 Å². The molecule has 0 aromatic rings. The average molecular weight is 269 g/mol. The van der Waals surface area contributed by atoms with E-state index in [9.17, 15) is 14.7 Å². The van der Waals surface area contributed by atoms with Crippen molar-refractivity contribution in [1.29, 1.82) is 0 Å². The standard InChI is InChI=1S/C13H23N3O3/c1-11(17)15-6-7-16(9-12(18)8-15)13(19)10-14-4-2-3-5-14/h12,18H,2-10H2,1H3/t12-/m1/s1. The second-order valence-corrected chi connectivity index (χ2v) is 5.44. The van der Waals surface area contributed by atoms with Crippen LogP contribution >= 0.6 is 0 Å². The van der Waals surface area contributed by atoms with Gasteiger partial charge in [-0.25, -0.2) is 0 Å². The number of likely N-dealkylation sites (tertiary alicyclic amines) is 1. The van der Waals surface area contributed by atoms with Crippen LogP contribution in [-0.2, 0) is 9.59 Å². The van der Waals surface area contributed by atoms with Crippen molar-refractivity contribution in [3.63, 3.8) is 0 Å². The van der Waals surface area contributed by atoms with Gasteiger partial charge in [-0.15, -0.1) is 0 Å². The second-order valence-electron chi connectivity index (χ2n) is 5.44. The number of carbonyl (C=O) groups is 2. The van der Waals surface area contributed by atoms with Crippen LogP contribution in [0, 0.1) is 0 Å². The topological polar surface area (TPSA) is 64.1 Å². The molecule has 0 bridgehead atoms. The number of aliphatic hydroxyl groups excluding tert-OH is 1. The third kappa shape index (κ3) is 3.91. The lowest BCUT2D eigenvalue weighted by Gasteiger charge is -2.24. The summed E-state index contributed by atoms with van der Waals surface area (Å²) < 4.78 is 0. The lowest BCUT2D eigenvalue weighted by Crippen LogP contribution is -2.43. The summed E-state index contributed by atoms with van der Waals surface area (Å²) in [7, 11) is 0. The van der Waals surface area contributed by atoms with Crippen molar-refractivity contribution in [3.05, 3.63) is 0 Å². The van der Waals surface area contributed by atoms with Crippen molar-refractivity contribution in [2.24, 2.45) is 0 Å². The van der Waals surface area contributed by atoms with Gasteiger partial charge in [-0.3, -0.25) is 14.5 Å². The van der Waals surface area contributed by atoms with Crippen LogP contribution in [0.4, 0.5) is 0 Å². The fourth-order valence-electron chi connectivity index (χ4n) is 2.74. The molecule has 1 N–H and O–H groups in total. The highest BCUT2D eigenvalue weighted by atomic mass is 16.3. The summed E-state index contributed by atoms with van der Waals surface area (Å²) in [6.07, 6.45) is 1.68. The largest absolute Gasteiger partial charge is 0.389 e. The molecule has 0 aromatic heterocycles. The first-order valence-electron chi connectivity index (χ1n) is 7.00. The summed E-state index contributed by atoms with van der Waals surface area (Å²) in [6.45, 7) is 5.59. The first-order chi connectivity index (χ1) is 9.06. The molecule has 2 fully saturated rings. The lowest BCUT2D eigenvalue weighted by atomic mass is 10.3. The van der Waals surface area contributed by atoms with Crippen LogP contribution in [0.15, 0.2) is 0 Å². The average Bonchev–Trinajstić information content (AvgIpc) is 2.76. The summed E-state index contributed by atoms with van der Waals surface area (Å²) in [5.41, 5.74) is 0. The Labute approximate surface area is 114 Å². The predicted molar refractivity (Wildman–Crippen MR) is 70.5 cm³/mol. The van der Waals surface area contributed by atoms with Crippen molar-refractivity contribution in [1.82, 2.24) is 14.7 Å². The van der Waals surface area contributed by atoms with Gasteiger partial charge in [0.1, 0.15) is 0 Å². The lowest BCUT2D eigenvalue weighted by molar-refractivity contribution is -0.133. The van der Waals surface area contributed by atoms with E-state index in [-0.39, 0.29) is 11.8 Å². The van der Waals surface area contributed by atoms with Crippen LogP contribution in [0.25, 0.3) is 0 Å². The number of hydrogen-bond acceptors (Lipinski definition) is 4. The molecule has 0 spiro atoms. The Hall–Kier alpha value is -1.14. The van der Waals surface area contributed by atoms with E-state index in [0.717, 1.165) is 25.9 Å². The van der Waals surface area contributed by atoms with E-state index in [1.54, 1.807) is 9.80 Å². The van der Waals surface area contributed by atoms with Gasteiger partial charge in [-0.1, -0.05) is 0 Å². The first-order valence-corrected chi connectivity index (χ1v) is 7.00. The molecule has 0 saturated carbocycles. The summed E-state index contributed by atoms with van der Waals surface area (Å²) in [5, 5.41) is 9.89. The molecule has 0 aromatic carbocycles. The molecule has 0 radical (unpaired) electrons. The Bertz CT molecular complexity index is 342. The van der Waals surface area contributed by atoms with E-state index in [1.807, 2.05) is 0 Å². The van der Waals surface area contributed by atoms with Gasteiger partial charge in [0.25, 0.3) is 0 Å². The number of carbonyl (C=O) groups excluding carboxylic acids is 2. The van der Waals surface area contributed by atoms with Crippen molar-refractivity contribution >= 4 is 11.8 Å². The van der Waals surface area contributed by atoms with Crippen LogP contribution in [0.3, 0.4) is 0 Å². The quantitative estimate of drug-likeness (QED) is 0.708. The molecule has 1 atom stereocenters. The number of aliphatic hydroxyl groups is 1. The fourth-order valence-corrected chi connectivity index (χ4v) is 2.74. The minimum atomic E-state index is -0.645. The monoisotopic (exact) mass is 269 g/mol.